The Morgan fingerprint density at radius 3 is 2.60 bits per heavy atom. The molecule has 0 unspecified atom stereocenters. The lowest BCUT2D eigenvalue weighted by atomic mass is 10.1. The van der Waals surface area contributed by atoms with E-state index in [1.165, 1.54) is 0 Å². The summed E-state index contributed by atoms with van der Waals surface area (Å²) < 4.78 is 6.01. The fraction of sp³-hybridized carbons (Fsp3) is 0.0625. The quantitative estimate of drug-likeness (QED) is 0.735. The standard InChI is InChI=1S/C16H12BrNO2/c1-10-7-12(16(19)13(17)8-10)14-9-15(20-18-14)11-5-3-2-4-6-11/h2-9,19H,1H3. The van der Waals surface area contributed by atoms with Gasteiger partial charge >= 0.3 is 0 Å². The molecule has 1 heterocycles. The zero-order valence-electron chi connectivity index (χ0n) is 10.8. The van der Waals surface area contributed by atoms with Crippen LogP contribution in [0.25, 0.3) is 22.6 Å². The number of hydrogen-bond donors (Lipinski definition) is 1. The van der Waals surface area contributed by atoms with E-state index >= 15 is 0 Å². The van der Waals surface area contributed by atoms with E-state index in [0.717, 1.165) is 11.1 Å². The molecule has 4 heteroatoms. The van der Waals surface area contributed by atoms with Crippen LogP contribution in [0.15, 0.2) is 57.5 Å². The van der Waals surface area contributed by atoms with Crippen LogP contribution < -0.4 is 0 Å². The normalized spacial score (nSPS) is 10.7. The number of aromatic nitrogens is 1. The molecule has 0 spiro atoms. The van der Waals surface area contributed by atoms with Gasteiger partial charge < -0.3 is 9.63 Å². The molecular weight excluding hydrogens is 318 g/mol. The monoisotopic (exact) mass is 329 g/mol. The van der Waals surface area contributed by atoms with Crippen molar-refractivity contribution in [3.8, 4) is 28.3 Å². The number of aromatic hydroxyl groups is 1. The first-order valence-corrected chi connectivity index (χ1v) is 6.96. The molecule has 100 valence electrons. The molecule has 3 nitrogen and oxygen atoms in total. The van der Waals surface area contributed by atoms with E-state index < -0.39 is 0 Å². The van der Waals surface area contributed by atoms with Gasteiger partial charge in [0.05, 0.1) is 4.47 Å². The molecule has 2 aromatic carbocycles. The van der Waals surface area contributed by atoms with E-state index in [1.807, 2.05) is 55.5 Å². The average Bonchev–Trinajstić information content (AvgIpc) is 2.93. The number of benzene rings is 2. The molecule has 0 saturated heterocycles. The first-order chi connectivity index (χ1) is 9.65. The summed E-state index contributed by atoms with van der Waals surface area (Å²) in [6.45, 7) is 1.96. The summed E-state index contributed by atoms with van der Waals surface area (Å²) >= 11 is 3.34. The zero-order chi connectivity index (χ0) is 14.1. The van der Waals surface area contributed by atoms with Crippen molar-refractivity contribution in [1.82, 2.24) is 5.16 Å². The second kappa shape index (κ2) is 5.13. The summed E-state index contributed by atoms with van der Waals surface area (Å²) in [5.74, 6) is 0.848. The predicted octanol–water partition coefficient (Wildman–Crippen LogP) is 4.79. The number of hydrogen-bond acceptors (Lipinski definition) is 3. The third-order valence-corrected chi connectivity index (χ3v) is 3.66. The lowest BCUT2D eigenvalue weighted by Crippen LogP contribution is -1.82. The molecule has 0 saturated carbocycles. The highest BCUT2D eigenvalue weighted by Gasteiger charge is 2.14. The van der Waals surface area contributed by atoms with Crippen molar-refractivity contribution < 1.29 is 9.63 Å². The second-order valence-corrected chi connectivity index (χ2v) is 5.44. The maximum Gasteiger partial charge on any atom is 0.167 e. The minimum Gasteiger partial charge on any atom is -0.506 e. The van der Waals surface area contributed by atoms with Crippen molar-refractivity contribution in [3.05, 3.63) is 58.6 Å². The molecule has 0 fully saturated rings. The molecule has 0 aliphatic rings. The largest absolute Gasteiger partial charge is 0.506 e. The van der Waals surface area contributed by atoms with Gasteiger partial charge in [0, 0.05) is 17.2 Å². The second-order valence-electron chi connectivity index (χ2n) is 4.59. The highest BCUT2D eigenvalue weighted by molar-refractivity contribution is 9.10. The predicted molar refractivity (Wildman–Crippen MR) is 81.5 cm³/mol. The van der Waals surface area contributed by atoms with Gasteiger partial charge in [0.2, 0.25) is 0 Å². The van der Waals surface area contributed by atoms with Gasteiger partial charge in [-0.15, -0.1) is 0 Å². The van der Waals surface area contributed by atoms with Gasteiger partial charge in [-0.25, -0.2) is 0 Å². The number of aryl methyl sites for hydroxylation is 1. The van der Waals surface area contributed by atoms with E-state index in [1.54, 1.807) is 0 Å². The van der Waals surface area contributed by atoms with Crippen LogP contribution in [0.4, 0.5) is 0 Å². The number of phenols is 1. The molecule has 20 heavy (non-hydrogen) atoms. The third-order valence-electron chi connectivity index (χ3n) is 3.05. The van der Waals surface area contributed by atoms with Crippen LogP contribution in [0.3, 0.4) is 0 Å². The Morgan fingerprint density at radius 2 is 1.85 bits per heavy atom. The fourth-order valence-corrected chi connectivity index (χ4v) is 2.65. The molecular formula is C16H12BrNO2. The van der Waals surface area contributed by atoms with E-state index in [2.05, 4.69) is 21.1 Å². The Hall–Kier alpha value is -2.07. The minimum atomic E-state index is 0.170. The molecule has 3 rings (SSSR count). The Bertz CT molecular complexity index is 750. The molecule has 1 N–H and O–H groups in total. The van der Waals surface area contributed by atoms with E-state index in [4.69, 9.17) is 4.52 Å². The molecule has 3 aromatic rings. The van der Waals surface area contributed by atoms with E-state index in [0.29, 0.717) is 21.5 Å². The van der Waals surface area contributed by atoms with E-state index in [9.17, 15) is 5.11 Å². The Labute approximate surface area is 125 Å². The van der Waals surface area contributed by atoms with Crippen molar-refractivity contribution in [2.45, 2.75) is 6.92 Å². The number of phenolic OH excluding ortho intramolecular Hbond substituents is 1. The van der Waals surface area contributed by atoms with Crippen molar-refractivity contribution in [1.29, 1.82) is 0 Å². The topological polar surface area (TPSA) is 46.3 Å². The van der Waals surface area contributed by atoms with Gasteiger partial charge in [-0.2, -0.15) is 0 Å². The van der Waals surface area contributed by atoms with Crippen molar-refractivity contribution in [2.24, 2.45) is 0 Å². The summed E-state index contributed by atoms with van der Waals surface area (Å²) in [4.78, 5) is 0. The van der Waals surface area contributed by atoms with Gasteiger partial charge in [-0.3, -0.25) is 0 Å². The van der Waals surface area contributed by atoms with Gasteiger partial charge in [0.15, 0.2) is 5.76 Å². The zero-order valence-corrected chi connectivity index (χ0v) is 12.4. The number of nitrogens with zero attached hydrogens (tertiary/aromatic N) is 1. The van der Waals surface area contributed by atoms with Crippen LogP contribution in [-0.4, -0.2) is 10.3 Å². The molecule has 0 bridgehead atoms. The highest BCUT2D eigenvalue weighted by atomic mass is 79.9. The van der Waals surface area contributed by atoms with Crippen LogP contribution in [0.1, 0.15) is 5.56 Å². The lowest BCUT2D eigenvalue weighted by Gasteiger charge is -2.04. The van der Waals surface area contributed by atoms with Crippen LogP contribution in [-0.2, 0) is 0 Å². The van der Waals surface area contributed by atoms with Gasteiger partial charge in [0.25, 0.3) is 0 Å². The minimum absolute atomic E-state index is 0.170. The molecule has 0 aliphatic carbocycles. The first kappa shape index (κ1) is 12.9. The maximum atomic E-state index is 10.1. The fourth-order valence-electron chi connectivity index (χ4n) is 2.07. The third kappa shape index (κ3) is 2.34. The SMILES string of the molecule is Cc1cc(Br)c(O)c(-c2cc(-c3ccccc3)on2)c1. The summed E-state index contributed by atoms with van der Waals surface area (Å²) in [6.07, 6.45) is 0. The molecule has 0 atom stereocenters. The summed E-state index contributed by atoms with van der Waals surface area (Å²) in [7, 11) is 0. The van der Waals surface area contributed by atoms with Gasteiger partial charge in [-0.1, -0.05) is 35.5 Å². The van der Waals surface area contributed by atoms with E-state index in [-0.39, 0.29) is 5.75 Å². The van der Waals surface area contributed by atoms with Crippen LogP contribution in [0.5, 0.6) is 5.75 Å². The van der Waals surface area contributed by atoms with Crippen molar-refractivity contribution >= 4 is 15.9 Å². The highest BCUT2D eigenvalue weighted by Crippen LogP contribution is 2.37. The Morgan fingerprint density at radius 1 is 1.10 bits per heavy atom. The number of rotatable bonds is 2. The van der Waals surface area contributed by atoms with Gasteiger partial charge in [-0.05, 0) is 40.5 Å². The van der Waals surface area contributed by atoms with Crippen LogP contribution in [0, 0.1) is 6.92 Å². The van der Waals surface area contributed by atoms with Crippen LogP contribution in [0.2, 0.25) is 0 Å². The Kier molecular flexibility index (Phi) is 3.32. The smallest absolute Gasteiger partial charge is 0.167 e. The first-order valence-electron chi connectivity index (χ1n) is 6.17. The maximum absolute atomic E-state index is 10.1. The lowest BCUT2D eigenvalue weighted by molar-refractivity contribution is 0.433. The molecule has 0 aliphatic heterocycles. The van der Waals surface area contributed by atoms with Crippen molar-refractivity contribution in [3.63, 3.8) is 0 Å². The molecule has 0 radical (unpaired) electrons. The van der Waals surface area contributed by atoms with Gasteiger partial charge in [0.1, 0.15) is 11.4 Å². The van der Waals surface area contributed by atoms with Crippen LogP contribution >= 0.6 is 15.9 Å². The summed E-state index contributed by atoms with van der Waals surface area (Å²) in [5.41, 5.74) is 3.26. The Balaban J connectivity index is 2.07. The number of halogens is 1. The van der Waals surface area contributed by atoms with Crippen molar-refractivity contribution in [2.75, 3.05) is 0 Å². The summed E-state index contributed by atoms with van der Waals surface area (Å²) in [5, 5.41) is 14.2. The average molecular weight is 330 g/mol. The molecule has 1 aromatic heterocycles. The molecule has 0 amide bonds. The summed E-state index contributed by atoms with van der Waals surface area (Å²) in [6, 6.07) is 15.3.